The summed E-state index contributed by atoms with van der Waals surface area (Å²) in [5.74, 6) is -0.273. The molecule has 32 heavy (non-hydrogen) atoms. The molecular weight excluding hydrogens is 519 g/mol. The number of benzene rings is 3. The quantitative estimate of drug-likeness (QED) is 0.157. The molecule has 1 aromatic heterocycles. The number of amides is 1. The summed E-state index contributed by atoms with van der Waals surface area (Å²) in [5.41, 5.74) is 7.07. The number of non-ortho nitro benzene ring substituents is 1. The molecule has 0 fully saturated rings. The Morgan fingerprint density at radius 1 is 1.09 bits per heavy atom. The molecule has 1 heterocycles. The maximum absolute atomic E-state index is 12.3. The van der Waals surface area contributed by atoms with Crippen LogP contribution in [0.15, 0.2) is 77.9 Å². The third kappa shape index (κ3) is 4.54. The fourth-order valence-electron chi connectivity index (χ4n) is 3.55. The highest BCUT2D eigenvalue weighted by Crippen LogP contribution is 2.26. The average Bonchev–Trinajstić information content (AvgIpc) is 3.06. The molecule has 0 saturated heterocycles. The molecule has 4 aromatic rings. The van der Waals surface area contributed by atoms with Crippen molar-refractivity contribution in [1.29, 1.82) is 0 Å². The molecule has 0 spiro atoms. The van der Waals surface area contributed by atoms with E-state index in [1.165, 1.54) is 12.1 Å². The van der Waals surface area contributed by atoms with Gasteiger partial charge >= 0.3 is 0 Å². The van der Waals surface area contributed by atoms with Gasteiger partial charge in [-0.3, -0.25) is 14.9 Å². The lowest BCUT2D eigenvalue weighted by Gasteiger charge is -2.08. The van der Waals surface area contributed by atoms with Crippen LogP contribution >= 0.6 is 22.6 Å². The molecule has 0 saturated carbocycles. The number of hydrogen-bond acceptors (Lipinski definition) is 4. The minimum atomic E-state index is -0.404. The minimum absolute atomic E-state index is 0.0690. The third-order valence-corrected chi connectivity index (χ3v) is 5.95. The van der Waals surface area contributed by atoms with Gasteiger partial charge in [0.1, 0.15) is 0 Å². The van der Waals surface area contributed by atoms with E-state index < -0.39 is 4.92 Å². The number of carbonyl (C=O) groups is 1. The molecule has 0 unspecified atom stereocenters. The lowest BCUT2D eigenvalue weighted by Crippen LogP contribution is -2.17. The molecule has 0 aliphatic rings. The lowest BCUT2D eigenvalue weighted by atomic mass is 10.1. The van der Waals surface area contributed by atoms with Gasteiger partial charge in [-0.1, -0.05) is 30.3 Å². The van der Waals surface area contributed by atoms with Crippen molar-refractivity contribution >= 4 is 51.3 Å². The van der Waals surface area contributed by atoms with E-state index in [1.54, 1.807) is 30.5 Å². The van der Waals surface area contributed by atoms with Crippen molar-refractivity contribution in [3.63, 3.8) is 0 Å². The zero-order chi connectivity index (χ0) is 22.7. The van der Waals surface area contributed by atoms with Crippen LogP contribution in [-0.2, 0) is 6.54 Å². The fourth-order valence-corrected chi connectivity index (χ4v) is 3.91. The van der Waals surface area contributed by atoms with Crippen molar-refractivity contribution in [2.45, 2.75) is 13.5 Å². The minimum Gasteiger partial charge on any atom is -0.340 e. The summed E-state index contributed by atoms with van der Waals surface area (Å²) < 4.78 is 3.19. The Labute approximate surface area is 198 Å². The summed E-state index contributed by atoms with van der Waals surface area (Å²) in [7, 11) is 0. The number of nitrogens with zero attached hydrogens (tertiary/aromatic N) is 3. The number of hydrazone groups is 1. The second-order valence-electron chi connectivity index (χ2n) is 7.23. The van der Waals surface area contributed by atoms with Crippen LogP contribution < -0.4 is 5.43 Å². The van der Waals surface area contributed by atoms with Gasteiger partial charge in [0, 0.05) is 50.0 Å². The van der Waals surface area contributed by atoms with Gasteiger partial charge < -0.3 is 4.57 Å². The maximum atomic E-state index is 12.3. The Bertz CT molecular complexity index is 1330. The standard InChI is InChI=1S/C24H19IN4O3/c1-16-22(14-26-27-24(30)18-8-10-19(25)11-9-18)21-4-2-3-5-23(21)28(16)15-17-6-12-20(13-7-17)29(31)32/h2-14H,15H2,1H3,(H,27,30)/b26-14-. The predicted molar refractivity (Wildman–Crippen MR) is 133 cm³/mol. The van der Waals surface area contributed by atoms with Gasteiger partial charge in [-0.15, -0.1) is 0 Å². The molecule has 0 aliphatic carbocycles. The van der Waals surface area contributed by atoms with Crippen molar-refractivity contribution in [3.05, 3.63) is 109 Å². The number of nitrogens with one attached hydrogen (secondary N) is 1. The average molecular weight is 538 g/mol. The zero-order valence-corrected chi connectivity index (χ0v) is 19.3. The molecule has 0 radical (unpaired) electrons. The van der Waals surface area contributed by atoms with Crippen LogP contribution in [0.2, 0.25) is 0 Å². The van der Waals surface area contributed by atoms with Crippen LogP contribution in [0.4, 0.5) is 5.69 Å². The van der Waals surface area contributed by atoms with E-state index in [0.717, 1.165) is 31.3 Å². The predicted octanol–water partition coefficient (Wildman–Crippen LogP) is 5.27. The summed E-state index contributed by atoms with van der Waals surface area (Å²) >= 11 is 2.19. The van der Waals surface area contributed by atoms with Gasteiger partial charge in [0.2, 0.25) is 0 Å². The molecule has 8 heteroatoms. The Morgan fingerprint density at radius 2 is 1.78 bits per heavy atom. The number of fused-ring (bicyclic) bond motifs is 1. The number of rotatable bonds is 6. The monoisotopic (exact) mass is 538 g/mol. The summed E-state index contributed by atoms with van der Waals surface area (Å²) in [6.07, 6.45) is 1.66. The highest BCUT2D eigenvalue weighted by Gasteiger charge is 2.14. The van der Waals surface area contributed by atoms with Crippen molar-refractivity contribution in [2.75, 3.05) is 0 Å². The first-order valence-corrected chi connectivity index (χ1v) is 10.9. The van der Waals surface area contributed by atoms with E-state index in [9.17, 15) is 14.9 Å². The van der Waals surface area contributed by atoms with E-state index >= 15 is 0 Å². The maximum Gasteiger partial charge on any atom is 0.271 e. The Morgan fingerprint density at radius 3 is 2.47 bits per heavy atom. The molecule has 1 N–H and O–H groups in total. The zero-order valence-electron chi connectivity index (χ0n) is 17.2. The van der Waals surface area contributed by atoms with E-state index in [0.29, 0.717) is 12.1 Å². The Kier molecular flexibility index (Phi) is 6.31. The van der Waals surface area contributed by atoms with Gasteiger partial charge in [-0.25, -0.2) is 5.43 Å². The van der Waals surface area contributed by atoms with Crippen molar-refractivity contribution in [1.82, 2.24) is 9.99 Å². The molecule has 3 aromatic carbocycles. The summed E-state index contributed by atoms with van der Waals surface area (Å²) in [6.45, 7) is 2.56. The van der Waals surface area contributed by atoms with Crippen molar-refractivity contribution < 1.29 is 9.72 Å². The lowest BCUT2D eigenvalue weighted by molar-refractivity contribution is -0.384. The summed E-state index contributed by atoms with van der Waals surface area (Å²) in [6, 6.07) is 21.8. The van der Waals surface area contributed by atoms with E-state index in [4.69, 9.17) is 0 Å². The Hall–Kier alpha value is -3.53. The largest absolute Gasteiger partial charge is 0.340 e. The fraction of sp³-hybridized carbons (Fsp3) is 0.0833. The second-order valence-corrected chi connectivity index (χ2v) is 8.48. The van der Waals surface area contributed by atoms with Crippen LogP contribution in [-0.4, -0.2) is 21.6 Å². The molecule has 0 bridgehead atoms. The molecule has 4 rings (SSSR count). The van der Waals surface area contributed by atoms with Gasteiger partial charge in [0.05, 0.1) is 11.1 Å². The normalized spacial score (nSPS) is 11.2. The molecule has 0 atom stereocenters. The number of carbonyl (C=O) groups excluding carboxylic acids is 1. The molecule has 160 valence electrons. The number of para-hydroxylation sites is 1. The highest BCUT2D eigenvalue weighted by atomic mass is 127. The van der Waals surface area contributed by atoms with Gasteiger partial charge in [0.15, 0.2) is 0 Å². The van der Waals surface area contributed by atoms with Crippen molar-refractivity contribution in [2.24, 2.45) is 5.10 Å². The molecule has 1 amide bonds. The summed E-state index contributed by atoms with van der Waals surface area (Å²) in [4.78, 5) is 22.8. The smallest absolute Gasteiger partial charge is 0.271 e. The number of nitro groups is 1. The first-order valence-electron chi connectivity index (χ1n) is 9.84. The summed E-state index contributed by atoms with van der Waals surface area (Å²) in [5, 5.41) is 16.1. The van der Waals surface area contributed by atoms with E-state index in [-0.39, 0.29) is 11.6 Å². The SMILES string of the molecule is Cc1c(/C=N\NC(=O)c2ccc(I)cc2)c2ccccc2n1Cc1ccc([N+](=O)[O-])cc1. The first kappa shape index (κ1) is 21.7. The third-order valence-electron chi connectivity index (χ3n) is 5.23. The Balaban J connectivity index is 1.60. The van der Waals surface area contributed by atoms with Crippen LogP contribution in [0.3, 0.4) is 0 Å². The van der Waals surface area contributed by atoms with Crippen LogP contribution in [0.25, 0.3) is 10.9 Å². The van der Waals surface area contributed by atoms with Crippen molar-refractivity contribution in [3.8, 4) is 0 Å². The first-order chi connectivity index (χ1) is 15.4. The molecule has 0 aliphatic heterocycles. The van der Waals surface area contributed by atoms with Gasteiger partial charge in [-0.05, 0) is 65.4 Å². The van der Waals surface area contributed by atoms with Crippen LogP contribution in [0, 0.1) is 20.6 Å². The highest BCUT2D eigenvalue weighted by molar-refractivity contribution is 14.1. The number of nitro benzene ring substituents is 1. The van der Waals surface area contributed by atoms with E-state index in [1.807, 2.05) is 43.3 Å². The molecule has 7 nitrogen and oxygen atoms in total. The second kappa shape index (κ2) is 9.31. The van der Waals surface area contributed by atoms with Crippen LogP contribution in [0.5, 0.6) is 0 Å². The van der Waals surface area contributed by atoms with Crippen LogP contribution in [0.1, 0.15) is 27.2 Å². The van der Waals surface area contributed by atoms with E-state index in [2.05, 4.69) is 37.7 Å². The topological polar surface area (TPSA) is 89.5 Å². The van der Waals surface area contributed by atoms with Gasteiger partial charge in [-0.2, -0.15) is 5.10 Å². The number of hydrogen-bond donors (Lipinski definition) is 1. The number of aromatic nitrogens is 1. The number of halogens is 1. The van der Waals surface area contributed by atoms with Gasteiger partial charge in [0.25, 0.3) is 11.6 Å². The molecular formula is C24H19IN4O3.